The highest BCUT2D eigenvalue weighted by atomic mass is 35.5. The van der Waals surface area contributed by atoms with Crippen LogP contribution in [0.25, 0.3) is 11.0 Å². The summed E-state index contributed by atoms with van der Waals surface area (Å²) >= 11 is 6.37. The quantitative estimate of drug-likeness (QED) is 0.207. The monoisotopic (exact) mass is 479 g/mol. The summed E-state index contributed by atoms with van der Waals surface area (Å²) < 4.78 is 16.6. The van der Waals surface area contributed by atoms with E-state index in [0.717, 1.165) is 5.39 Å². The van der Waals surface area contributed by atoms with Crippen molar-refractivity contribution in [3.8, 4) is 11.5 Å². The smallest absolute Gasteiger partial charge is 0.307 e. The Morgan fingerprint density at radius 1 is 1.18 bits per heavy atom. The maximum atomic E-state index is 12.3. The molecule has 4 rings (SSSR count). The number of hydrogen-bond acceptors (Lipinski definition) is 7. The van der Waals surface area contributed by atoms with Crippen LogP contribution in [0, 0.1) is 10.1 Å². The second-order valence-corrected chi connectivity index (χ2v) is 7.50. The SMILES string of the molecule is COc1cc(/C=N/NC(=O)c2cc3ccccc3o2)cc(Cl)c1OCc1cccc([N+](=O)[O-])c1. The van der Waals surface area contributed by atoms with Crippen LogP contribution in [0.3, 0.4) is 0 Å². The van der Waals surface area contributed by atoms with Crippen molar-refractivity contribution in [1.29, 1.82) is 0 Å². The molecule has 1 amide bonds. The lowest BCUT2D eigenvalue weighted by Crippen LogP contribution is -2.16. The number of nitro groups is 1. The molecule has 10 heteroatoms. The number of hydrazone groups is 1. The summed E-state index contributed by atoms with van der Waals surface area (Å²) in [4.78, 5) is 22.8. The molecular formula is C24H18ClN3O6. The zero-order chi connectivity index (χ0) is 24.1. The number of methoxy groups -OCH3 is 1. The fourth-order valence-electron chi connectivity index (χ4n) is 3.18. The Labute approximate surface area is 198 Å². The Morgan fingerprint density at radius 3 is 2.76 bits per heavy atom. The van der Waals surface area contributed by atoms with Crippen molar-refractivity contribution < 1.29 is 23.6 Å². The number of ether oxygens (including phenoxy) is 2. The van der Waals surface area contributed by atoms with Crippen LogP contribution in [0.1, 0.15) is 21.7 Å². The van der Waals surface area contributed by atoms with Gasteiger partial charge in [0.1, 0.15) is 12.2 Å². The first kappa shape index (κ1) is 22.8. The van der Waals surface area contributed by atoms with E-state index < -0.39 is 10.8 Å². The number of carbonyl (C=O) groups excluding carboxylic acids is 1. The summed E-state index contributed by atoms with van der Waals surface area (Å²) in [5, 5.41) is 16.0. The summed E-state index contributed by atoms with van der Waals surface area (Å²) in [5.74, 6) is 0.253. The van der Waals surface area contributed by atoms with E-state index in [1.54, 1.807) is 36.4 Å². The maximum Gasteiger partial charge on any atom is 0.307 e. The summed E-state index contributed by atoms with van der Waals surface area (Å²) in [6.07, 6.45) is 1.40. The lowest BCUT2D eigenvalue weighted by atomic mass is 10.2. The number of furan rings is 1. The number of hydrogen-bond donors (Lipinski definition) is 1. The van der Waals surface area contributed by atoms with Gasteiger partial charge in [0.05, 0.1) is 23.3 Å². The van der Waals surface area contributed by atoms with Crippen molar-refractivity contribution in [2.45, 2.75) is 6.61 Å². The molecule has 0 saturated heterocycles. The maximum absolute atomic E-state index is 12.3. The summed E-state index contributed by atoms with van der Waals surface area (Å²) in [5.41, 5.74) is 4.13. The molecule has 0 bridgehead atoms. The molecule has 0 aliphatic carbocycles. The van der Waals surface area contributed by atoms with Crippen molar-refractivity contribution in [2.75, 3.05) is 7.11 Å². The Balaban J connectivity index is 1.44. The summed E-state index contributed by atoms with van der Waals surface area (Å²) in [6, 6.07) is 18.2. The van der Waals surface area contributed by atoms with E-state index >= 15 is 0 Å². The molecule has 1 N–H and O–H groups in total. The molecule has 172 valence electrons. The molecule has 4 aromatic rings. The van der Waals surface area contributed by atoms with Crippen molar-refractivity contribution >= 4 is 40.4 Å². The molecule has 0 unspecified atom stereocenters. The van der Waals surface area contributed by atoms with E-state index in [1.807, 2.05) is 18.2 Å². The largest absolute Gasteiger partial charge is 0.493 e. The number of halogens is 1. The summed E-state index contributed by atoms with van der Waals surface area (Å²) in [6.45, 7) is 0.0543. The normalized spacial score (nSPS) is 11.0. The van der Waals surface area contributed by atoms with Crippen LogP contribution in [0.2, 0.25) is 5.02 Å². The number of benzene rings is 3. The Morgan fingerprint density at radius 2 is 2.00 bits per heavy atom. The average molecular weight is 480 g/mol. The van der Waals surface area contributed by atoms with E-state index in [1.165, 1.54) is 25.5 Å². The van der Waals surface area contributed by atoms with Gasteiger partial charge in [0.25, 0.3) is 5.69 Å². The molecule has 0 saturated carbocycles. The predicted octanol–water partition coefficient (Wildman–Crippen LogP) is 5.35. The fourth-order valence-corrected chi connectivity index (χ4v) is 3.46. The molecule has 0 aliphatic heterocycles. The third-order valence-corrected chi connectivity index (χ3v) is 5.07. The second kappa shape index (κ2) is 10.1. The van der Waals surface area contributed by atoms with Gasteiger partial charge in [0.2, 0.25) is 0 Å². The second-order valence-electron chi connectivity index (χ2n) is 7.10. The minimum absolute atomic E-state index is 0.0320. The zero-order valence-corrected chi connectivity index (χ0v) is 18.6. The first-order chi connectivity index (χ1) is 16.4. The number of nitrogens with one attached hydrogen (secondary N) is 1. The van der Waals surface area contributed by atoms with E-state index in [9.17, 15) is 14.9 Å². The Kier molecular flexibility index (Phi) is 6.74. The molecule has 0 spiro atoms. The third-order valence-electron chi connectivity index (χ3n) is 4.79. The molecule has 34 heavy (non-hydrogen) atoms. The number of amides is 1. The highest BCUT2D eigenvalue weighted by molar-refractivity contribution is 6.32. The van der Waals surface area contributed by atoms with Crippen LogP contribution >= 0.6 is 11.6 Å². The van der Waals surface area contributed by atoms with Crippen LogP contribution in [0.15, 0.2) is 76.2 Å². The van der Waals surface area contributed by atoms with Gasteiger partial charge in [-0.25, -0.2) is 5.43 Å². The standard InChI is InChI=1S/C24H18ClN3O6/c1-32-21-11-16(13-26-27-24(29)22-12-17-6-2-3-8-20(17)34-22)10-19(25)23(21)33-14-15-5-4-7-18(9-15)28(30)31/h2-13H,14H2,1H3,(H,27,29)/b26-13+. The number of fused-ring (bicyclic) bond motifs is 1. The number of para-hydroxylation sites is 1. The molecule has 0 radical (unpaired) electrons. The van der Waals surface area contributed by atoms with Gasteiger partial charge in [-0.15, -0.1) is 0 Å². The van der Waals surface area contributed by atoms with Crippen LogP contribution in [0.4, 0.5) is 5.69 Å². The first-order valence-corrected chi connectivity index (χ1v) is 10.4. The van der Waals surface area contributed by atoms with Crippen molar-refractivity contribution in [1.82, 2.24) is 5.43 Å². The molecule has 1 heterocycles. The van der Waals surface area contributed by atoms with Crippen molar-refractivity contribution in [2.24, 2.45) is 5.10 Å². The average Bonchev–Trinajstić information content (AvgIpc) is 3.28. The number of nitro benzene ring substituents is 1. The van der Waals surface area contributed by atoms with Gasteiger partial charge in [-0.3, -0.25) is 14.9 Å². The first-order valence-electron chi connectivity index (χ1n) is 10.0. The van der Waals surface area contributed by atoms with E-state index in [-0.39, 0.29) is 28.8 Å². The molecule has 0 fully saturated rings. The molecular weight excluding hydrogens is 462 g/mol. The topological polar surface area (TPSA) is 116 Å². The predicted molar refractivity (Wildman–Crippen MR) is 127 cm³/mol. The number of nitrogens with zero attached hydrogens (tertiary/aromatic N) is 2. The van der Waals surface area contributed by atoms with Gasteiger partial charge in [-0.05, 0) is 35.4 Å². The minimum Gasteiger partial charge on any atom is -0.493 e. The van der Waals surface area contributed by atoms with Crippen LogP contribution in [-0.2, 0) is 6.61 Å². The molecule has 0 atom stereocenters. The van der Waals surface area contributed by atoms with Crippen LogP contribution in [-0.4, -0.2) is 24.2 Å². The van der Waals surface area contributed by atoms with Crippen LogP contribution in [0.5, 0.6) is 11.5 Å². The Hall–Kier alpha value is -4.37. The van der Waals surface area contributed by atoms with E-state index in [2.05, 4.69) is 10.5 Å². The lowest BCUT2D eigenvalue weighted by Gasteiger charge is -2.13. The van der Waals surface area contributed by atoms with Crippen molar-refractivity contribution in [3.63, 3.8) is 0 Å². The van der Waals surface area contributed by atoms with Gasteiger partial charge < -0.3 is 13.9 Å². The lowest BCUT2D eigenvalue weighted by molar-refractivity contribution is -0.384. The molecule has 3 aromatic carbocycles. The molecule has 0 aliphatic rings. The van der Waals surface area contributed by atoms with Gasteiger partial charge in [0, 0.05) is 17.5 Å². The fraction of sp³-hybridized carbons (Fsp3) is 0.0833. The number of rotatable bonds is 8. The minimum atomic E-state index is -0.498. The van der Waals surface area contributed by atoms with Gasteiger partial charge >= 0.3 is 5.91 Å². The Bertz CT molecular complexity index is 1370. The zero-order valence-electron chi connectivity index (χ0n) is 17.9. The van der Waals surface area contributed by atoms with Gasteiger partial charge in [0.15, 0.2) is 17.3 Å². The highest BCUT2D eigenvalue weighted by Gasteiger charge is 2.14. The number of carbonyl (C=O) groups is 1. The molecule has 1 aromatic heterocycles. The van der Waals surface area contributed by atoms with Gasteiger partial charge in [-0.2, -0.15) is 5.10 Å². The molecule has 9 nitrogen and oxygen atoms in total. The van der Waals surface area contributed by atoms with Gasteiger partial charge in [-0.1, -0.05) is 41.9 Å². The van der Waals surface area contributed by atoms with Crippen LogP contribution < -0.4 is 14.9 Å². The van der Waals surface area contributed by atoms with E-state index in [0.29, 0.717) is 22.5 Å². The summed E-state index contributed by atoms with van der Waals surface area (Å²) in [7, 11) is 1.45. The third kappa shape index (κ3) is 5.16. The highest BCUT2D eigenvalue weighted by Crippen LogP contribution is 2.36. The van der Waals surface area contributed by atoms with Crippen molar-refractivity contribution in [3.05, 3.63) is 98.8 Å². The van der Waals surface area contributed by atoms with E-state index in [4.69, 9.17) is 25.5 Å². The number of non-ortho nitro benzene ring substituents is 1.